The van der Waals surface area contributed by atoms with Gasteiger partial charge in [-0.05, 0) is 60.4 Å². The van der Waals surface area contributed by atoms with Gasteiger partial charge in [-0.3, -0.25) is 4.79 Å². The van der Waals surface area contributed by atoms with Crippen molar-refractivity contribution >= 4 is 11.6 Å². The van der Waals surface area contributed by atoms with Gasteiger partial charge in [0.15, 0.2) is 0 Å². The molecule has 1 saturated heterocycles. The van der Waals surface area contributed by atoms with E-state index in [0.29, 0.717) is 31.7 Å². The van der Waals surface area contributed by atoms with Crippen molar-refractivity contribution in [3.8, 4) is 5.75 Å². The molecule has 0 aliphatic carbocycles. The fourth-order valence-corrected chi connectivity index (χ4v) is 4.05. The van der Waals surface area contributed by atoms with E-state index in [2.05, 4.69) is 4.89 Å². The van der Waals surface area contributed by atoms with Crippen molar-refractivity contribution in [3.63, 3.8) is 0 Å². The van der Waals surface area contributed by atoms with E-state index in [1.165, 1.54) is 19.2 Å². The number of hydrogen-bond donors (Lipinski definition) is 0. The van der Waals surface area contributed by atoms with Crippen molar-refractivity contribution in [3.05, 3.63) is 95.8 Å². The van der Waals surface area contributed by atoms with Crippen molar-refractivity contribution in [2.24, 2.45) is 5.92 Å². The molecule has 1 amide bonds. The average Bonchev–Trinajstić information content (AvgIpc) is 2.83. The van der Waals surface area contributed by atoms with Crippen LogP contribution in [0.1, 0.15) is 30.0 Å². The molecule has 166 valence electrons. The lowest BCUT2D eigenvalue weighted by Gasteiger charge is -2.47. The second-order valence-electron chi connectivity index (χ2n) is 7.71. The summed E-state index contributed by atoms with van der Waals surface area (Å²) in [5, 5.41) is 0. The monoisotopic (exact) mass is 435 g/mol. The maximum absolute atomic E-state index is 13.4. The fraction of sp³-hybridized carbons (Fsp3) is 0.269. The number of carbonyl (C=O) groups is 1. The van der Waals surface area contributed by atoms with Crippen LogP contribution in [0.4, 0.5) is 10.1 Å². The van der Waals surface area contributed by atoms with E-state index in [4.69, 9.17) is 9.62 Å². The fourth-order valence-electron chi connectivity index (χ4n) is 4.05. The Hall–Kier alpha value is -3.22. The molecule has 32 heavy (non-hydrogen) atoms. The van der Waals surface area contributed by atoms with E-state index < -0.39 is 0 Å². The van der Waals surface area contributed by atoms with Gasteiger partial charge in [-0.25, -0.2) is 14.2 Å². The topological polar surface area (TPSA) is 48.0 Å². The van der Waals surface area contributed by atoms with Crippen LogP contribution < -0.4 is 9.64 Å². The van der Waals surface area contributed by atoms with Gasteiger partial charge in [0.05, 0.1) is 25.7 Å². The molecular formula is C26H26FNO4. The predicted molar refractivity (Wildman–Crippen MR) is 120 cm³/mol. The number of nitrogens with zero attached hydrogens (tertiary/aromatic N) is 1. The number of amides is 1. The van der Waals surface area contributed by atoms with Crippen molar-refractivity contribution in [1.82, 2.24) is 0 Å². The molecular weight excluding hydrogens is 409 g/mol. The molecule has 1 aliphatic heterocycles. The van der Waals surface area contributed by atoms with E-state index >= 15 is 0 Å². The first-order chi connectivity index (χ1) is 15.7. The van der Waals surface area contributed by atoms with Gasteiger partial charge in [0.1, 0.15) is 18.2 Å². The Morgan fingerprint density at radius 1 is 0.938 bits per heavy atom. The Balaban J connectivity index is 1.49. The minimum atomic E-state index is -0.327. The van der Waals surface area contributed by atoms with E-state index in [1.807, 2.05) is 54.6 Å². The van der Waals surface area contributed by atoms with Crippen LogP contribution in [0.15, 0.2) is 78.9 Å². The molecule has 0 aromatic heterocycles. The van der Waals surface area contributed by atoms with Gasteiger partial charge in [-0.15, -0.1) is 0 Å². The van der Waals surface area contributed by atoms with E-state index in [1.54, 1.807) is 17.0 Å². The number of rotatable bonds is 10. The van der Waals surface area contributed by atoms with Crippen molar-refractivity contribution < 1.29 is 23.7 Å². The van der Waals surface area contributed by atoms with Crippen LogP contribution in [0.3, 0.4) is 0 Å². The number of hydrogen-bond acceptors (Lipinski definition) is 4. The van der Waals surface area contributed by atoms with Crippen LogP contribution in [-0.4, -0.2) is 19.6 Å². The summed E-state index contributed by atoms with van der Waals surface area (Å²) in [6, 6.07) is 23.7. The summed E-state index contributed by atoms with van der Waals surface area (Å²) in [5.41, 5.74) is 2.80. The van der Waals surface area contributed by atoms with Gasteiger partial charge in [0, 0.05) is 5.69 Å². The molecule has 0 bridgehead atoms. The molecule has 0 saturated carbocycles. The molecule has 0 spiro atoms. The molecule has 1 heterocycles. The first kappa shape index (κ1) is 22.0. The van der Waals surface area contributed by atoms with Crippen LogP contribution in [0.5, 0.6) is 5.75 Å². The average molecular weight is 435 g/mol. The van der Waals surface area contributed by atoms with Crippen LogP contribution in [0, 0.1) is 11.7 Å². The quantitative estimate of drug-likeness (QED) is 0.183. The molecule has 1 aliphatic rings. The van der Waals surface area contributed by atoms with E-state index in [-0.39, 0.29) is 23.7 Å². The maximum Gasteiger partial charge on any atom is 0.233 e. The molecule has 4 rings (SSSR count). The van der Waals surface area contributed by atoms with Gasteiger partial charge in [0.25, 0.3) is 0 Å². The molecule has 6 heteroatoms. The molecule has 0 radical (unpaired) electrons. The molecule has 0 N–H and O–H groups in total. The zero-order valence-corrected chi connectivity index (χ0v) is 17.9. The number of ether oxygens (including phenoxy) is 1. The zero-order valence-electron chi connectivity index (χ0n) is 17.9. The third kappa shape index (κ3) is 4.98. The Morgan fingerprint density at radius 3 is 2.34 bits per heavy atom. The number of benzene rings is 3. The highest BCUT2D eigenvalue weighted by molar-refractivity contribution is 6.03. The lowest BCUT2D eigenvalue weighted by Crippen LogP contribution is -2.55. The molecule has 0 unspecified atom stereocenters. The Labute approximate surface area is 187 Å². The SMILES string of the molecule is COOCCC[C@H]1C(=O)N(c2ccc(F)cc2)[C@@H]1c1ccc(OCc2ccccc2)cc1. The lowest BCUT2D eigenvalue weighted by atomic mass is 9.79. The van der Waals surface area contributed by atoms with Gasteiger partial charge in [0.2, 0.25) is 5.91 Å². The summed E-state index contributed by atoms with van der Waals surface area (Å²) in [5.74, 6) is 0.299. The highest BCUT2D eigenvalue weighted by Crippen LogP contribution is 2.45. The summed E-state index contributed by atoms with van der Waals surface area (Å²) >= 11 is 0. The number of β-lactam (4-membered cyclic amide) rings is 1. The minimum Gasteiger partial charge on any atom is -0.489 e. The first-order valence-corrected chi connectivity index (χ1v) is 10.7. The van der Waals surface area contributed by atoms with Crippen LogP contribution in [0.2, 0.25) is 0 Å². The van der Waals surface area contributed by atoms with Crippen LogP contribution in [0.25, 0.3) is 0 Å². The molecule has 3 aromatic carbocycles. The van der Waals surface area contributed by atoms with Crippen LogP contribution in [-0.2, 0) is 21.2 Å². The van der Waals surface area contributed by atoms with Crippen molar-refractivity contribution in [2.45, 2.75) is 25.5 Å². The predicted octanol–water partition coefficient (Wildman–Crippen LogP) is 5.47. The molecule has 2 atom stereocenters. The summed E-state index contributed by atoms with van der Waals surface area (Å²) in [7, 11) is 1.47. The summed E-state index contributed by atoms with van der Waals surface area (Å²) < 4.78 is 19.3. The van der Waals surface area contributed by atoms with Crippen LogP contribution >= 0.6 is 0 Å². The second kappa shape index (κ2) is 10.4. The second-order valence-corrected chi connectivity index (χ2v) is 7.71. The zero-order chi connectivity index (χ0) is 22.3. The van der Waals surface area contributed by atoms with Crippen molar-refractivity contribution in [1.29, 1.82) is 0 Å². The van der Waals surface area contributed by atoms with Crippen molar-refractivity contribution in [2.75, 3.05) is 18.6 Å². The Morgan fingerprint density at radius 2 is 1.66 bits per heavy atom. The third-order valence-electron chi connectivity index (χ3n) is 5.65. The molecule has 5 nitrogen and oxygen atoms in total. The lowest BCUT2D eigenvalue weighted by molar-refractivity contribution is -0.273. The number of anilines is 1. The normalized spacial score (nSPS) is 17.8. The largest absolute Gasteiger partial charge is 0.489 e. The molecule has 1 fully saturated rings. The smallest absolute Gasteiger partial charge is 0.233 e. The number of carbonyl (C=O) groups excluding carboxylic acids is 1. The van der Waals surface area contributed by atoms with Gasteiger partial charge < -0.3 is 9.64 Å². The number of halogens is 1. The van der Waals surface area contributed by atoms with E-state index in [9.17, 15) is 9.18 Å². The third-order valence-corrected chi connectivity index (χ3v) is 5.65. The first-order valence-electron chi connectivity index (χ1n) is 10.7. The maximum atomic E-state index is 13.4. The minimum absolute atomic E-state index is 0.0310. The molecule has 3 aromatic rings. The van der Waals surface area contributed by atoms with Gasteiger partial charge >= 0.3 is 0 Å². The summed E-state index contributed by atoms with van der Waals surface area (Å²) in [6.45, 7) is 0.918. The van der Waals surface area contributed by atoms with Gasteiger partial charge in [-0.2, -0.15) is 0 Å². The standard InChI is InChI=1S/C26H26FNO4/c1-30-32-17-5-8-24-25(28(26(24)29)22-13-11-21(27)12-14-22)20-9-15-23(16-10-20)31-18-19-6-3-2-4-7-19/h2-4,6-7,9-16,24-25H,5,8,17-18H2,1H3/t24-,25-/m1/s1. The Kier molecular flexibility index (Phi) is 7.14. The van der Waals surface area contributed by atoms with E-state index in [0.717, 1.165) is 16.9 Å². The summed E-state index contributed by atoms with van der Waals surface area (Å²) in [6.07, 6.45) is 1.38. The Bertz CT molecular complexity index is 1010. The highest BCUT2D eigenvalue weighted by atomic mass is 19.1. The highest BCUT2D eigenvalue weighted by Gasteiger charge is 2.48. The van der Waals surface area contributed by atoms with Gasteiger partial charge in [-0.1, -0.05) is 42.5 Å². The summed E-state index contributed by atoms with van der Waals surface area (Å²) in [4.78, 5) is 24.3.